The summed E-state index contributed by atoms with van der Waals surface area (Å²) in [5, 5.41) is 2.70. The van der Waals surface area contributed by atoms with Gasteiger partial charge in [0.05, 0.1) is 13.2 Å². The van der Waals surface area contributed by atoms with E-state index in [4.69, 9.17) is 14.2 Å². The lowest BCUT2D eigenvalue weighted by molar-refractivity contribution is -0.123. The van der Waals surface area contributed by atoms with Gasteiger partial charge in [0.15, 0.2) is 6.61 Å². The fourth-order valence-electron chi connectivity index (χ4n) is 1.69. The Morgan fingerprint density at radius 1 is 1.14 bits per heavy atom. The minimum atomic E-state index is -0.165. The minimum Gasteiger partial charge on any atom is -0.493 e. The van der Waals surface area contributed by atoms with E-state index < -0.39 is 0 Å². The maximum absolute atomic E-state index is 11.5. The molecule has 5 heteroatoms. The standard InChI is InChI=1S/C16H25NO4/c1-3-4-5-10-20-14-7-6-8-15(12-14)21-13-16(18)17-9-11-19-2/h6-8,12H,3-5,9-11,13H2,1-2H3,(H,17,18). The summed E-state index contributed by atoms with van der Waals surface area (Å²) >= 11 is 0. The van der Waals surface area contributed by atoms with E-state index in [1.807, 2.05) is 12.1 Å². The molecule has 1 aromatic rings. The number of ether oxygens (including phenoxy) is 3. The van der Waals surface area contributed by atoms with Crippen LogP contribution in [0.3, 0.4) is 0 Å². The van der Waals surface area contributed by atoms with Gasteiger partial charge in [0.1, 0.15) is 11.5 Å². The van der Waals surface area contributed by atoms with E-state index in [1.54, 1.807) is 19.2 Å². The third-order valence-corrected chi connectivity index (χ3v) is 2.82. The Kier molecular flexibility index (Phi) is 9.04. The highest BCUT2D eigenvalue weighted by atomic mass is 16.5. The summed E-state index contributed by atoms with van der Waals surface area (Å²) in [6.45, 7) is 3.83. The number of hydrogen-bond donors (Lipinski definition) is 1. The lowest BCUT2D eigenvalue weighted by Gasteiger charge is -2.09. The minimum absolute atomic E-state index is 0.0109. The largest absolute Gasteiger partial charge is 0.493 e. The zero-order valence-corrected chi connectivity index (χ0v) is 12.9. The van der Waals surface area contributed by atoms with Crippen molar-refractivity contribution in [2.24, 2.45) is 0 Å². The van der Waals surface area contributed by atoms with E-state index in [1.165, 1.54) is 6.42 Å². The second-order valence-electron chi connectivity index (χ2n) is 4.66. The van der Waals surface area contributed by atoms with Crippen molar-refractivity contribution in [1.29, 1.82) is 0 Å². The first-order chi connectivity index (χ1) is 10.3. The molecule has 0 spiro atoms. The highest BCUT2D eigenvalue weighted by molar-refractivity contribution is 5.77. The van der Waals surface area contributed by atoms with E-state index in [0.29, 0.717) is 25.5 Å². The third-order valence-electron chi connectivity index (χ3n) is 2.82. The van der Waals surface area contributed by atoms with Crippen LogP contribution < -0.4 is 14.8 Å². The molecule has 1 aromatic carbocycles. The molecule has 0 unspecified atom stereocenters. The van der Waals surface area contributed by atoms with Crippen LogP contribution in [0.5, 0.6) is 11.5 Å². The summed E-state index contributed by atoms with van der Waals surface area (Å²) < 4.78 is 15.9. The summed E-state index contributed by atoms with van der Waals surface area (Å²) in [5.74, 6) is 1.23. The zero-order chi connectivity index (χ0) is 15.3. The van der Waals surface area contributed by atoms with Gasteiger partial charge in [0.25, 0.3) is 5.91 Å². The van der Waals surface area contributed by atoms with Crippen molar-refractivity contribution in [3.8, 4) is 11.5 Å². The maximum atomic E-state index is 11.5. The Labute approximate surface area is 126 Å². The van der Waals surface area contributed by atoms with Crippen molar-refractivity contribution in [1.82, 2.24) is 5.32 Å². The van der Waals surface area contributed by atoms with Crippen molar-refractivity contribution in [3.05, 3.63) is 24.3 Å². The van der Waals surface area contributed by atoms with Gasteiger partial charge in [-0.25, -0.2) is 0 Å². The predicted octanol–water partition coefficient (Wildman–Crippen LogP) is 2.40. The van der Waals surface area contributed by atoms with Gasteiger partial charge in [0, 0.05) is 19.7 Å². The first-order valence-corrected chi connectivity index (χ1v) is 7.37. The predicted molar refractivity (Wildman–Crippen MR) is 81.8 cm³/mol. The van der Waals surface area contributed by atoms with Crippen LogP contribution in [0.1, 0.15) is 26.2 Å². The second-order valence-corrected chi connectivity index (χ2v) is 4.66. The van der Waals surface area contributed by atoms with Crippen LogP contribution in [0.2, 0.25) is 0 Å². The molecule has 0 aliphatic carbocycles. The van der Waals surface area contributed by atoms with Gasteiger partial charge in [0.2, 0.25) is 0 Å². The number of methoxy groups -OCH3 is 1. The van der Waals surface area contributed by atoms with Gasteiger partial charge in [-0.3, -0.25) is 4.79 Å². The molecule has 5 nitrogen and oxygen atoms in total. The van der Waals surface area contributed by atoms with Crippen molar-refractivity contribution in [2.75, 3.05) is 33.5 Å². The normalized spacial score (nSPS) is 10.2. The average molecular weight is 295 g/mol. The number of benzene rings is 1. The molecule has 0 aliphatic heterocycles. The molecule has 0 atom stereocenters. The monoisotopic (exact) mass is 295 g/mol. The van der Waals surface area contributed by atoms with Crippen molar-refractivity contribution in [3.63, 3.8) is 0 Å². The van der Waals surface area contributed by atoms with Crippen LogP contribution in [0.4, 0.5) is 0 Å². The average Bonchev–Trinajstić information content (AvgIpc) is 2.50. The molecule has 1 rings (SSSR count). The first-order valence-electron chi connectivity index (χ1n) is 7.37. The number of carbonyl (C=O) groups is 1. The van der Waals surface area contributed by atoms with Crippen molar-refractivity contribution < 1.29 is 19.0 Å². The molecular weight excluding hydrogens is 270 g/mol. The van der Waals surface area contributed by atoms with E-state index in [0.717, 1.165) is 18.6 Å². The van der Waals surface area contributed by atoms with Gasteiger partial charge >= 0.3 is 0 Å². The van der Waals surface area contributed by atoms with Crippen LogP contribution >= 0.6 is 0 Å². The van der Waals surface area contributed by atoms with Gasteiger partial charge in [-0.1, -0.05) is 25.8 Å². The Morgan fingerprint density at radius 2 is 1.90 bits per heavy atom. The Hall–Kier alpha value is -1.75. The Balaban J connectivity index is 2.29. The molecule has 0 aliphatic rings. The molecule has 21 heavy (non-hydrogen) atoms. The molecule has 0 radical (unpaired) electrons. The van der Waals surface area contributed by atoms with Gasteiger partial charge in [-0.2, -0.15) is 0 Å². The van der Waals surface area contributed by atoms with Crippen LogP contribution in [0.25, 0.3) is 0 Å². The van der Waals surface area contributed by atoms with Crippen LogP contribution in [0.15, 0.2) is 24.3 Å². The summed E-state index contributed by atoms with van der Waals surface area (Å²) in [6, 6.07) is 7.35. The Bertz CT molecular complexity index is 409. The number of carbonyl (C=O) groups excluding carboxylic acids is 1. The maximum Gasteiger partial charge on any atom is 0.258 e. The fourth-order valence-corrected chi connectivity index (χ4v) is 1.69. The molecular formula is C16H25NO4. The van der Waals surface area contributed by atoms with Gasteiger partial charge in [-0.15, -0.1) is 0 Å². The van der Waals surface area contributed by atoms with E-state index in [2.05, 4.69) is 12.2 Å². The first kappa shape index (κ1) is 17.3. The molecule has 0 aromatic heterocycles. The lowest BCUT2D eigenvalue weighted by atomic mass is 10.3. The van der Waals surface area contributed by atoms with E-state index >= 15 is 0 Å². The SMILES string of the molecule is CCCCCOc1cccc(OCC(=O)NCCOC)c1. The Morgan fingerprint density at radius 3 is 2.62 bits per heavy atom. The smallest absolute Gasteiger partial charge is 0.258 e. The van der Waals surface area contributed by atoms with E-state index in [-0.39, 0.29) is 12.5 Å². The molecule has 1 amide bonds. The quantitative estimate of drug-likeness (QED) is 0.637. The summed E-state index contributed by atoms with van der Waals surface area (Å²) in [7, 11) is 1.59. The fraction of sp³-hybridized carbons (Fsp3) is 0.562. The summed E-state index contributed by atoms with van der Waals surface area (Å²) in [4.78, 5) is 11.5. The van der Waals surface area contributed by atoms with Crippen LogP contribution in [-0.2, 0) is 9.53 Å². The third kappa shape index (κ3) is 8.19. The lowest BCUT2D eigenvalue weighted by Crippen LogP contribution is -2.31. The highest BCUT2D eigenvalue weighted by Gasteiger charge is 2.03. The topological polar surface area (TPSA) is 56.8 Å². The van der Waals surface area contributed by atoms with Crippen molar-refractivity contribution >= 4 is 5.91 Å². The van der Waals surface area contributed by atoms with Crippen LogP contribution in [0, 0.1) is 0 Å². The molecule has 1 N–H and O–H groups in total. The molecule has 118 valence electrons. The number of unbranched alkanes of at least 4 members (excludes halogenated alkanes) is 2. The molecule has 0 saturated heterocycles. The molecule has 0 saturated carbocycles. The van der Waals surface area contributed by atoms with Crippen LogP contribution in [-0.4, -0.2) is 39.4 Å². The molecule has 0 fully saturated rings. The number of rotatable bonds is 11. The van der Waals surface area contributed by atoms with Gasteiger partial charge in [-0.05, 0) is 18.6 Å². The summed E-state index contributed by atoms with van der Waals surface area (Å²) in [6.07, 6.45) is 3.38. The summed E-state index contributed by atoms with van der Waals surface area (Å²) in [5.41, 5.74) is 0. The van der Waals surface area contributed by atoms with Gasteiger partial charge < -0.3 is 19.5 Å². The van der Waals surface area contributed by atoms with Crippen molar-refractivity contribution in [2.45, 2.75) is 26.2 Å². The number of amides is 1. The molecule has 0 bridgehead atoms. The number of nitrogens with one attached hydrogen (secondary N) is 1. The van der Waals surface area contributed by atoms with E-state index in [9.17, 15) is 4.79 Å². The second kappa shape index (κ2) is 11.0. The highest BCUT2D eigenvalue weighted by Crippen LogP contribution is 2.19. The zero-order valence-electron chi connectivity index (χ0n) is 12.9. The number of hydrogen-bond acceptors (Lipinski definition) is 4. The molecule has 0 heterocycles.